The van der Waals surface area contributed by atoms with E-state index in [0.29, 0.717) is 25.9 Å². The Labute approximate surface area is 149 Å². The first-order valence-corrected chi connectivity index (χ1v) is 8.80. The van der Waals surface area contributed by atoms with E-state index in [0.717, 1.165) is 5.69 Å². The molecule has 0 saturated carbocycles. The number of piperidine rings is 1. The van der Waals surface area contributed by atoms with Gasteiger partial charge in [0, 0.05) is 32.2 Å². The van der Waals surface area contributed by atoms with Crippen LogP contribution in [0.3, 0.4) is 0 Å². The maximum Gasteiger partial charge on any atom is 0.410 e. The van der Waals surface area contributed by atoms with Gasteiger partial charge in [0.15, 0.2) is 0 Å². The highest BCUT2D eigenvalue weighted by molar-refractivity contribution is 5.91. The molecule has 7 heteroatoms. The van der Waals surface area contributed by atoms with Crippen molar-refractivity contribution in [3.8, 4) is 0 Å². The summed E-state index contributed by atoms with van der Waals surface area (Å²) in [5, 5.41) is 3.94. The molecule has 1 aromatic heterocycles. The van der Waals surface area contributed by atoms with E-state index in [2.05, 4.69) is 5.16 Å². The standard InChI is InChI=1S/C18H29N3O4/c1-12(2)14-11-15(25-19-14)16(22)21-9-7-13(8-10-21)20(6)17(23)24-18(3,4)5/h11-13H,7-10H2,1-6H3. The van der Waals surface area contributed by atoms with Gasteiger partial charge in [-0.05, 0) is 39.5 Å². The summed E-state index contributed by atoms with van der Waals surface area (Å²) in [6, 6.07) is 1.78. The first-order valence-electron chi connectivity index (χ1n) is 8.80. The molecule has 0 atom stereocenters. The normalized spacial score (nSPS) is 16.2. The van der Waals surface area contributed by atoms with Gasteiger partial charge in [-0.1, -0.05) is 19.0 Å². The fourth-order valence-corrected chi connectivity index (χ4v) is 2.76. The van der Waals surface area contributed by atoms with Crippen molar-refractivity contribution in [2.45, 2.75) is 65.0 Å². The third-order valence-electron chi connectivity index (χ3n) is 4.31. The average Bonchev–Trinajstić information content (AvgIpc) is 3.02. The van der Waals surface area contributed by atoms with Crippen molar-refractivity contribution in [2.24, 2.45) is 0 Å². The predicted octanol–water partition coefficient (Wildman–Crippen LogP) is 3.27. The SMILES string of the molecule is CC(C)c1cc(C(=O)N2CCC(N(C)C(=O)OC(C)(C)C)CC2)on1. The Bertz CT molecular complexity index is 610. The number of hydrogen-bond acceptors (Lipinski definition) is 5. The Kier molecular flexibility index (Phi) is 5.75. The molecule has 2 heterocycles. The van der Waals surface area contributed by atoms with Gasteiger partial charge in [0.05, 0.1) is 5.69 Å². The zero-order valence-electron chi connectivity index (χ0n) is 16.0. The molecular weight excluding hydrogens is 322 g/mol. The summed E-state index contributed by atoms with van der Waals surface area (Å²) in [4.78, 5) is 28.1. The molecule has 140 valence electrons. The summed E-state index contributed by atoms with van der Waals surface area (Å²) >= 11 is 0. The van der Waals surface area contributed by atoms with Gasteiger partial charge in [-0.2, -0.15) is 0 Å². The lowest BCUT2D eigenvalue weighted by Crippen LogP contribution is -2.48. The molecule has 0 N–H and O–H groups in total. The van der Waals surface area contributed by atoms with Gasteiger partial charge >= 0.3 is 6.09 Å². The van der Waals surface area contributed by atoms with Crippen LogP contribution in [0.25, 0.3) is 0 Å². The van der Waals surface area contributed by atoms with Gasteiger partial charge in [-0.25, -0.2) is 4.79 Å². The molecule has 0 radical (unpaired) electrons. The third kappa shape index (κ3) is 4.96. The van der Waals surface area contributed by atoms with E-state index in [-0.39, 0.29) is 29.7 Å². The summed E-state index contributed by atoms with van der Waals surface area (Å²) < 4.78 is 10.6. The topological polar surface area (TPSA) is 75.9 Å². The minimum absolute atomic E-state index is 0.0693. The molecule has 2 rings (SSSR count). The second-order valence-corrected chi connectivity index (χ2v) is 7.89. The van der Waals surface area contributed by atoms with Crippen LogP contribution in [0.5, 0.6) is 0 Å². The number of hydrogen-bond donors (Lipinski definition) is 0. The lowest BCUT2D eigenvalue weighted by molar-refractivity contribution is 0.0153. The number of rotatable bonds is 3. The van der Waals surface area contributed by atoms with E-state index in [1.54, 1.807) is 22.9 Å². The largest absolute Gasteiger partial charge is 0.444 e. The van der Waals surface area contributed by atoms with Crippen LogP contribution in [0.4, 0.5) is 4.79 Å². The molecule has 25 heavy (non-hydrogen) atoms. The van der Waals surface area contributed by atoms with Crippen molar-refractivity contribution < 1.29 is 18.8 Å². The van der Waals surface area contributed by atoms with Crippen LogP contribution >= 0.6 is 0 Å². The smallest absolute Gasteiger partial charge is 0.410 e. The number of carbonyl (C=O) groups excluding carboxylic acids is 2. The Morgan fingerprint density at radius 2 is 1.92 bits per heavy atom. The van der Waals surface area contributed by atoms with E-state index < -0.39 is 5.60 Å². The van der Waals surface area contributed by atoms with Gasteiger partial charge in [-0.15, -0.1) is 0 Å². The number of likely N-dealkylation sites (tertiary alicyclic amines) is 1. The number of aromatic nitrogens is 1. The molecule has 0 unspecified atom stereocenters. The summed E-state index contributed by atoms with van der Waals surface area (Å²) in [7, 11) is 1.75. The summed E-state index contributed by atoms with van der Waals surface area (Å²) in [5.41, 5.74) is 0.269. The lowest BCUT2D eigenvalue weighted by Gasteiger charge is -2.36. The van der Waals surface area contributed by atoms with Gasteiger partial charge < -0.3 is 19.1 Å². The van der Waals surface area contributed by atoms with Crippen LogP contribution in [0.15, 0.2) is 10.6 Å². The van der Waals surface area contributed by atoms with E-state index >= 15 is 0 Å². The summed E-state index contributed by atoms with van der Waals surface area (Å²) in [6.45, 7) is 10.7. The molecule has 0 bridgehead atoms. The summed E-state index contributed by atoms with van der Waals surface area (Å²) in [5.74, 6) is 0.360. The highest BCUT2D eigenvalue weighted by Gasteiger charge is 2.31. The Hall–Kier alpha value is -2.05. The maximum atomic E-state index is 12.5. The van der Waals surface area contributed by atoms with Gasteiger partial charge in [0.2, 0.25) is 5.76 Å². The minimum Gasteiger partial charge on any atom is -0.444 e. The molecule has 1 fully saturated rings. The van der Waals surface area contributed by atoms with Gasteiger partial charge in [0.25, 0.3) is 5.91 Å². The molecule has 1 aromatic rings. The monoisotopic (exact) mass is 351 g/mol. The average molecular weight is 351 g/mol. The van der Waals surface area contributed by atoms with Crippen LogP contribution in [0, 0.1) is 0 Å². The number of amides is 2. The molecule has 1 aliphatic heterocycles. The Morgan fingerprint density at radius 3 is 2.40 bits per heavy atom. The van der Waals surface area contributed by atoms with Crippen LogP contribution in [-0.2, 0) is 4.74 Å². The second-order valence-electron chi connectivity index (χ2n) is 7.89. The fraction of sp³-hybridized carbons (Fsp3) is 0.722. The van der Waals surface area contributed by atoms with Crippen molar-refractivity contribution >= 4 is 12.0 Å². The number of nitrogens with zero attached hydrogens (tertiary/aromatic N) is 3. The quantitative estimate of drug-likeness (QED) is 0.835. The van der Waals surface area contributed by atoms with E-state index in [9.17, 15) is 9.59 Å². The molecule has 2 amide bonds. The fourth-order valence-electron chi connectivity index (χ4n) is 2.76. The zero-order valence-corrected chi connectivity index (χ0v) is 16.0. The second kappa shape index (κ2) is 7.45. The molecule has 0 spiro atoms. The van der Waals surface area contributed by atoms with Crippen molar-refractivity contribution in [2.75, 3.05) is 20.1 Å². The van der Waals surface area contributed by atoms with E-state index in [1.165, 1.54) is 0 Å². The highest BCUT2D eigenvalue weighted by atomic mass is 16.6. The first-order chi connectivity index (χ1) is 11.6. The van der Waals surface area contributed by atoms with Crippen LogP contribution in [0.1, 0.15) is 69.6 Å². The van der Waals surface area contributed by atoms with Crippen molar-refractivity contribution in [3.63, 3.8) is 0 Å². The van der Waals surface area contributed by atoms with Crippen LogP contribution in [-0.4, -0.2) is 58.7 Å². The molecular formula is C18H29N3O4. The van der Waals surface area contributed by atoms with Crippen molar-refractivity contribution in [1.82, 2.24) is 15.0 Å². The number of carbonyl (C=O) groups is 2. The molecule has 0 aromatic carbocycles. The minimum atomic E-state index is -0.511. The molecule has 1 aliphatic rings. The zero-order chi connectivity index (χ0) is 18.8. The van der Waals surface area contributed by atoms with Gasteiger partial charge in [0.1, 0.15) is 5.60 Å². The number of ether oxygens (including phenoxy) is 1. The molecule has 0 aliphatic carbocycles. The summed E-state index contributed by atoms with van der Waals surface area (Å²) in [6.07, 6.45) is 1.10. The first kappa shape index (κ1) is 19.3. The molecule has 1 saturated heterocycles. The van der Waals surface area contributed by atoms with E-state index in [4.69, 9.17) is 9.26 Å². The van der Waals surface area contributed by atoms with Crippen LogP contribution < -0.4 is 0 Å². The molecule has 7 nitrogen and oxygen atoms in total. The Morgan fingerprint density at radius 1 is 1.32 bits per heavy atom. The van der Waals surface area contributed by atoms with Crippen molar-refractivity contribution in [1.29, 1.82) is 0 Å². The highest BCUT2D eigenvalue weighted by Crippen LogP contribution is 2.21. The lowest BCUT2D eigenvalue weighted by atomic mass is 10.0. The third-order valence-corrected chi connectivity index (χ3v) is 4.31. The van der Waals surface area contributed by atoms with Crippen molar-refractivity contribution in [3.05, 3.63) is 17.5 Å². The predicted molar refractivity (Wildman–Crippen MR) is 93.5 cm³/mol. The van der Waals surface area contributed by atoms with Crippen LogP contribution in [0.2, 0.25) is 0 Å². The van der Waals surface area contributed by atoms with Gasteiger partial charge in [-0.3, -0.25) is 4.79 Å². The maximum absolute atomic E-state index is 12.5. The Balaban J connectivity index is 1.90. The van der Waals surface area contributed by atoms with E-state index in [1.807, 2.05) is 34.6 Å².